The number of rotatable bonds is 7. The molecule has 1 aromatic rings. The molecule has 0 bridgehead atoms. The number of hydrogen-bond acceptors (Lipinski definition) is 2. The molecule has 2 nitrogen and oxygen atoms in total. The lowest BCUT2D eigenvalue weighted by atomic mass is 9.94. The molecular weight excluding hydrogens is 248 g/mol. The standard InChI is InChI=1S/C15H21F2NO/c1-10(9-14(18)11(2)19)5-3-6-12-7-4-8-13(16)15(12)17/h4,7-8,10,14H,3,5-6,9,18H2,1-2H3. The van der Waals surface area contributed by atoms with Crippen molar-refractivity contribution < 1.29 is 13.6 Å². The summed E-state index contributed by atoms with van der Waals surface area (Å²) in [5.74, 6) is -1.27. The first-order valence-electron chi connectivity index (χ1n) is 6.60. The van der Waals surface area contributed by atoms with Crippen LogP contribution < -0.4 is 5.73 Å². The minimum Gasteiger partial charge on any atom is -0.322 e. The van der Waals surface area contributed by atoms with Crippen LogP contribution in [0.15, 0.2) is 18.2 Å². The highest BCUT2D eigenvalue weighted by molar-refractivity contribution is 5.81. The second kappa shape index (κ2) is 7.34. The molecule has 0 saturated heterocycles. The largest absolute Gasteiger partial charge is 0.322 e. The van der Waals surface area contributed by atoms with Gasteiger partial charge in [0.25, 0.3) is 0 Å². The highest BCUT2D eigenvalue weighted by atomic mass is 19.2. The van der Waals surface area contributed by atoms with Crippen LogP contribution in [-0.4, -0.2) is 11.8 Å². The van der Waals surface area contributed by atoms with E-state index in [1.165, 1.54) is 13.0 Å². The Balaban J connectivity index is 2.38. The molecule has 0 fully saturated rings. The van der Waals surface area contributed by atoms with E-state index in [-0.39, 0.29) is 5.78 Å². The van der Waals surface area contributed by atoms with Crippen LogP contribution >= 0.6 is 0 Å². The molecule has 0 amide bonds. The van der Waals surface area contributed by atoms with E-state index in [4.69, 9.17) is 5.73 Å². The van der Waals surface area contributed by atoms with Gasteiger partial charge in [0.1, 0.15) is 5.78 Å². The smallest absolute Gasteiger partial charge is 0.162 e. The van der Waals surface area contributed by atoms with E-state index in [0.29, 0.717) is 24.3 Å². The van der Waals surface area contributed by atoms with Gasteiger partial charge in [-0.3, -0.25) is 4.79 Å². The van der Waals surface area contributed by atoms with Crippen molar-refractivity contribution in [2.75, 3.05) is 0 Å². The third-order valence-electron chi connectivity index (χ3n) is 3.35. The highest BCUT2D eigenvalue weighted by Crippen LogP contribution is 2.18. The topological polar surface area (TPSA) is 43.1 Å². The van der Waals surface area contributed by atoms with Crippen LogP contribution in [0.3, 0.4) is 0 Å². The van der Waals surface area contributed by atoms with Gasteiger partial charge in [0.2, 0.25) is 0 Å². The van der Waals surface area contributed by atoms with Crippen LogP contribution in [0.25, 0.3) is 0 Å². The first-order valence-corrected chi connectivity index (χ1v) is 6.60. The molecule has 0 spiro atoms. The zero-order valence-electron chi connectivity index (χ0n) is 11.5. The van der Waals surface area contributed by atoms with E-state index in [1.807, 2.05) is 6.92 Å². The normalized spacial score (nSPS) is 14.2. The molecule has 2 unspecified atom stereocenters. The average molecular weight is 269 g/mol. The molecule has 0 aliphatic carbocycles. The van der Waals surface area contributed by atoms with Crippen molar-refractivity contribution >= 4 is 5.78 Å². The second-order valence-corrected chi connectivity index (χ2v) is 5.16. The summed E-state index contributed by atoms with van der Waals surface area (Å²) in [6.45, 7) is 3.50. The number of hydrogen-bond donors (Lipinski definition) is 1. The zero-order valence-corrected chi connectivity index (χ0v) is 11.5. The van der Waals surface area contributed by atoms with Crippen molar-refractivity contribution in [3.8, 4) is 0 Å². The summed E-state index contributed by atoms with van der Waals surface area (Å²) in [5, 5.41) is 0. The van der Waals surface area contributed by atoms with Crippen molar-refractivity contribution in [1.82, 2.24) is 0 Å². The minimum absolute atomic E-state index is 0.0111. The SMILES string of the molecule is CC(=O)C(N)CC(C)CCCc1cccc(F)c1F. The summed E-state index contributed by atoms with van der Waals surface area (Å²) in [6.07, 6.45) is 2.74. The third kappa shape index (κ3) is 5.07. The summed E-state index contributed by atoms with van der Waals surface area (Å²) in [7, 11) is 0. The van der Waals surface area contributed by atoms with Crippen LogP contribution in [0.5, 0.6) is 0 Å². The predicted octanol–water partition coefficient (Wildman–Crippen LogP) is 3.23. The van der Waals surface area contributed by atoms with Gasteiger partial charge in [0.15, 0.2) is 11.6 Å². The first-order chi connectivity index (χ1) is 8.91. The van der Waals surface area contributed by atoms with Gasteiger partial charge in [-0.1, -0.05) is 25.5 Å². The second-order valence-electron chi connectivity index (χ2n) is 5.16. The maximum Gasteiger partial charge on any atom is 0.162 e. The fourth-order valence-corrected chi connectivity index (χ4v) is 2.10. The molecule has 0 saturated carbocycles. The van der Waals surface area contributed by atoms with Crippen molar-refractivity contribution in [2.45, 2.75) is 45.6 Å². The fraction of sp³-hybridized carbons (Fsp3) is 0.533. The number of carbonyl (C=O) groups excluding carboxylic acids is 1. The Bertz CT molecular complexity index is 434. The highest BCUT2D eigenvalue weighted by Gasteiger charge is 2.13. The monoisotopic (exact) mass is 269 g/mol. The average Bonchev–Trinajstić information content (AvgIpc) is 2.34. The molecular formula is C15H21F2NO. The number of nitrogens with two attached hydrogens (primary N) is 1. The Kier molecular flexibility index (Phi) is 6.09. The van der Waals surface area contributed by atoms with Crippen LogP contribution in [-0.2, 0) is 11.2 Å². The van der Waals surface area contributed by atoms with Crippen LogP contribution in [0.1, 0.15) is 38.7 Å². The van der Waals surface area contributed by atoms with Gasteiger partial charge in [0, 0.05) is 0 Å². The summed E-state index contributed by atoms with van der Waals surface area (Å²) in [4.78, 5) is 11.0. The van der Waals surface area contributed by atoms with E-state index < -0.39 is 17.7 Å². The van der Waals surface area contributed by atoms with Crippen molar-refractivity contribution in [1.29, 1.82) is 0 Å². The lowest BCUT2D eigenvalue weighted by Crippen LogP contribution is -2.30. The summed E-state index contributed by atoms with van der Waals surface area (Å²) < 4.78 is 26.4. The third-order valence-corrected chi connectivity index (χ3v) is 3.35. The van der Waals surface area contributed by atoms with E-state index in [0.717, 1.165) is 18.9 Å². The first kappa shape index (κ1) is 15.8. The minimum atomic E-state index is -0.802. The summed E-state index contributed by atoms with van der Waals surface area (Å²) in [6, 6.07) is 3.82. The van der Waals surface area contributed by atoms with Crippen molar-refractivity contribution in [2.24, 2.45) is 11.7 Å². The number of carbonyl (C=O) groups is 1. The molecule has 0 heterocycles. The van der Waals surface area contributed by atoms with Crippen LogP contribution in [0, 0.1) is 17.6 Å². The molecule has 0 radical (unpaired) electrons. The Hall–Kier alpha value is -1.29. The van der Waals surface area contributed by atoms with Gasteiger partial charge < -0.3 is 5.73 Å². The maximum atomic E-state index is 13.4. The molecule has 106 valence electrons. The van der Waals surface area contributed by atoms with Gasteiger partial charge in [0.05, 0.1) is 6.04 Å². The number of benzene rings is 1. The number of halogens is 2. The van der Waals surface area contributed by atoms with Gasteiger partial charge >= 0.3 is 0 Å². The molecule has 19 heavy (non-hydrogen) atoms. The van der Waals surface area contributed by atoms with Gasteiger partial charge in [-0.25, -0.2) is 8.78 Å². The number of aryl methyl sites for hydroxylation is 1. The fourth-order valence-electron chi connectivity index (χ4n) is 2.10. The summed E-state index contributed by atoms with van der Waals surface area (Å²) in [5.41, 5.74) is 6.09. The predicted molar refractivity (Wildman–Crippen MR) is 71.7 cm³/mol. The summed E-state index contributed by atoms with van der Waals surface area (Å²) >= 11 is 0. The Morgan fingerprint density at radius 2 is 2.05 bits per heavy atom. The van der Waals surface area contributed by atoms with E-state index in [1.54, 1.807) is 6.07 Å². The van der Waals surface area contributed by atoms with Crippen molar-refractivity contribution in [3.05, 3.63) is 35.4 Å². The van der Waals surface area contributed by atoms with E-state index in [2.05, 4.69) is 0 Å². The molecule has 2 atom stereocenters. The molecule has 0 aliphatic heterocycles. The van der Waals surface area contributed by atoms with Crippen LogP contribution in [0.2, 0.25) is 0 Å². The molecule has 1 rings (SSSR count). The lowest BCUT2D eigenvalue weighted by Gasteiger charge is -2.15. The Morgan fingerprint density at radius 3 is 2.68 bits per heavy atom. The molecule has 1 aromatic carbocycles. The molecule has 0 aliphatic rings. The molecule has 2 N–H and O–H groups in total. The zero-order chi connectivity index (χ0) is 14.4. The van der Waals surface area contributed by atoms with Gasteiger partial charge in [-0.15, -0.1) is 0 Å². The Labute approximate surface area is 113 Å². The van der Waals surface area contributed by atoms with Crippen molar-refractivity contribution in [3.63, 3.8) is 0 Å². The molecule has 4 heteroatoms. The van der Waals surface area contributed by atoms with E-state index >= 15 is 0 Å². The van der Waals surface area contributed by atoms with Crippen LogP contribution in [0.4, 0.5) is 8.78 Å². The number of ketones is 1. The Morgan fingerprint density at radius 1 is 1.37 bits per heavy atom. The molecule has 0 aromatic heterocycles. The number of Topliss-reactive ketones (excluding diaryl/α,β-unsaturated/α-hetero) is 1. The van der Waals surface area contributed by atoms with Gasteiger partial charge in [-0.2, -0.15) is 0 Å². The van der Waals surface area contributed by atoms with E-state index in [9.17, 15) is 13.6 Å². The quantitative estimate of drug-likeness (QED) is 0.825. The maximum absolute atomic E-state index is 13.4. The van der Waals surface area contributed by atoms with Gasteiger partial charge in [-0.05, 0) is 43.7 Å². The lowest BCUT2D eigenvalue weighted by molar-refractivity contribution is -0.118.